The van der Waals surface area contributed by atoms with Crippen LogP contribution in [0.15, 0.2) is 35.9 Å². The van der Waals surface area contributed by atoms with Crippen molar-refractivity contribution >= 4 is 0 Å². The summed E-state index contributed by atoms with van der Waals surface area (Å²) in [6.07, 6.45) is 4.14. The first-order chi connectivity index (χ1) is 11.1. The largest absolute Gasteiger partial charge is 0.485 e. The quantitative estimate of drug-likeness (QED) is 0.695. The monoisotopic (exact) mass is 322 g/mol. The summed E-state index contributed by atoms with van der Waals surface area (Å²) in [4.78, 5) is 0. The highest BCUT2D eigenvalue weighted by molar-refractivity contribution is 5.27. The van der Waals surface area contributed by atoms with Crippen LogP contribution in [-0.4, -0.2) is 19.0 Å². The second-order valence-electron chi connectivity index (χ2n) is 6.48. The second kappa shape index (κ2) is 7.10. The molecule has 2 nitrogen and oxygen atoms in total. The van der Waals surface area contributed by atoms with E-state index in [1.54, 1.807) is 0 Å². The zero-order chi connectivity index (χ0) is 16.3. The Morgan fingerprint density at radius 3 is 2.57 bits per heavy atom. The zero-order valence-corrected chi connectivity index (χ0v) is 13.6. The minimum Gasteiger partial charge on any atom is -0.293 e. The predicted octanol–water partition coefficient (Wildman–Crippen LogP) is 5.19. The van der Waals surface area contributed by atoms with Gasteiger partial charge in [-0.2, -0.15) is 0 Å². The molecule has 1 aliphatic carbocycles. The standard InChI is InChI=1S/C19H24F2O2/c1-2-14-3-8-16(9-4-14)17-10-5-15(6-11-17)7-12-18-13-22-19(20,21)23-18/h3-5,8-9,17-18H,2,6-7,10-13H2,1H3. The minimum absolute atomic E-state index is 0.00726. The average molecular weight is 322 g/mol. The topological polar surface area (TPSA) is 18.5 Å². The SMILES string of the molecule is CCc1ccc(C2CC=C(CCC3COC(F)(F)O3)CC2)cc1. The summed E-state index contributed by atoms with van der Waals surface area (Å²) < 4.78 is 34.5. The molecule has 1 aromatic carbocycles. The highest BCUT2D eigenvalue weighted by Crippen LogP contribution is 2.35. The Kier molecular flexibility index (Phi) is 5.12. The first kappa shape index (κ1) is 16.6. The van der Waals surface area contributed by atoms with Crippen molar-refractivity contribution in [3.05, 3.63) is 47.0 Å². The number of hydrogen-bond donors (Lipinski definition) is 0. The Bertz CT molecular complexity index is 551. The number of aryl methyl sites for hydroxylation is 1. The maximum absolute atomic E-state index is 12.8. The molecule has 0 amide bonds. The molecule has 2 aliphatic rings. The highest BCUT2D eigenvalue weighted by atomic mass is 19.3. The Labute approximate surface area is 136 Å². The van der Waals surface area contributed by atoms with Crippen LogP contribution in [0.25, 0.3) is 0 Å². The van der Waals surface area contributed by atoms with Gasteiger partial charge in [0.1, 0.15) is 0 Å². The van der Waals surface area contributed by atoms with Gasteiger partial charge in [-0.1, -0.05) is 42.8 Å². The maximum atomic E-state index is 12.8. The second-order valence-corrected chi connectivity index (χ2v) is 6.48. The molecule has 0 radical (unpaired) electrons. The van der Waals surface area contributed by atoms with E-state index in [2.05, 4.69) is 46.7 Å². The summed E-state index contributed by atoms with van der Waals surface area (Å²) in [7, 11) is 0. The van der Waals surface area contributed by atoms with E-state index in [1.165, 1.54) is 16.7 Å². The van der Waals surface area contributed by atoms with Crippen LogP contribution >= 0.6 is 0 Å². The third-order valence-corrected chi connectivity index (χ3v) is 4.89. The van der Waals surface area contributed by atoms with E-state index < -0.39 is 12.4 Å². The third kappa shape index (κ3) is 4.39. The van der Waals surface area contributed by atoms with Crippen molar-refractivity contribution in [1.29, 1.82) is 0 Å². The van der Waals surface area contributed by atoms with Gasteiger partial charge in [0.25, 0.3) is 0 Å². The summed E-state index contributed by atoms with van der Waals surface area (Å²) in [6, 6.07) is 8.92. The summed E-state index contributed by atoms with van der Waals surface area (Å²) in [5, 5.41) is 0. The predicted molar refractivity (Wildman–Crippen MR) is 85.5 cm³/mol. The zero-order valence-electron chi connectivity index (χ0n) is 13.6. The third-order valence-electron chi connectivity index (χ3n) is 4.89. The van der Waals surface area contributed by atoms with E-state index in [1.807, 2.05) is 0 Å². The molecule has 1 aliphatic heterocycles. The van der Waals surface area contributed by atoms with E-state index in [9.17, 15) is 8.78 Å². The lowest BCUT2D eigenvalue weighted by Gasteiger charge is -2.23. The number of halogens is 2. The van der Waals surface area contributed by atoms with Gasteiger partial charge in [-0.15, -0.1) is 8.78 Å². The molecule has 0 aromatic heterocycles. The molecule has 0 N–H and O–H groups in total. The van der Waals surface area contributed by atoms with Crippen LogP contribution in [0.1, 0.15) is 56.1 Å². The molecule has 23 heavy (non-hydrogen) atoms. The molecular formula is C19H24F2O2. The Morgan fingerprint density at radius 1 is 1.22 bits per heavy atom. The molecule has 126 valence electrons. The van der Waals surface area contributed by atoms with Crippen molar-refractivity contribution in [2.75, 3.05) is 6.61 Å². The summed E-state index contributed by atoms with van der Waals surface area (Å²) in [6.45, 7) is 2.16. The van der Waals surface area contributed by atoms with Crippen LogP contribution in [-0.2, 0) is 15.9 Å². The van der Waals surface area contributed by atoms with Gasteiger partial charge < -0.3 is 0 Å². The molecule has 2 atom stereocenters. The first-order valence-electron chi connectivity index (χ1n) is 8.52. The van der Waals surface area contributed by atoms with Crippen molar-refractivity contribution < 1.29 is 18.3 Å². The molecule has 2 unspecified atom stereocenters. The van der Waals surface area contributed by atoms with Crippen molar-refractivity contribution in [2.45, 2.75) is 63.8 Å². The smallest absolute Gasteiger partial charge is 0.293 e. The molecule has 3 rings (SSSR count). The molecule has 1 heterocycles. The molecule has 0 saturated carbocycles. The lowest BCUT2D eigenvalue weighted by Crippen LogP contribution is -2.18. The maximum Gasteiger partial charge on any atom is 0.485 e. The Morgan fingerprint density at radius 2 is 2.00 bits per heavy atom. The normalized spacial score (nSPS) is 27.0. The van der Waals surface area contributed by atoms with Crippen LogP contribution < -0.4 is 0 Å². The fourth-order valence-corrected chi connectivity index (χ4v) is 3.38. The molecule has 4 heteroatoms. The molecule has 1 aromatic rings. The van der Waals surface area contributed by atoms with Crippen LogP contribution in [0, 0.1) is 0 Å². The molecular weight excluding hydrogens is 298 g/mol. The first-order valence-corrected chi connectivity index (χ1v) is 8.52. The molecule has 1 saturated heterocycles. The fraction of sp³-hybridized carbons (Fsp3) is 0.579. The lowest BCUT2D eigenvalue weighted by atomic mass is 9.83. The number of ether oxygens (including phenoxy) is 2. The van der Waals surface area contributed by atoms with Gasteiger partial charge in [0.05, 0.1) is 12.7 Å². The highest BCUT2D eigenvalue weighted by Gasteiger charge is 2.42. The van der Waals surface area contributed by atoms with Crippen molar-refractivity contribution in [2.24, 2.45) is 0 Å². The summed E-state index contributed by atoms with van der Waals surface area (Å²) in [5.41, 5.74) is 4.14. The van der Waals surface area contributed by atoms with Gasteiger partial charge in [-0.05, 0) is 55.6 Å². The number of benzene rings is 1. The van der Waals surface area contributed by atoms with E-state index in [4.69, 9.17) is 0 Å². The Hall–Kier alpha value is -1.26. The fourth-order valence-electron chi connectivity index (χ4n) is 3.38. The van der Waals surface area contributed by atoms with Crippen molar-refractivity contribution in [3.8, 4) is 0 Å². The van der Waals surface area contributed by atoms with Gasteiger partial charge >= 0.3 is 6.29 Å². The number of rotatable bonds is 5. The van der Waals surface area contributed by atoms with Crippen LogP contribution in [0.2, 0.25) is 0 Å². The minimum atomic E-state index is -3.39. The van der Waals surface area contributed by atoms with Crippen LogP contribution in [0.4, 0.5) is 8.78 Å². The van der Waals surface area contributed by atoms with Crippen molar-refractivity contribution in [3.63, 3.8) is 0 Å². The number of hydrogen-bond acceptors (Lipinski definition) is 2. The van der Waals surface area contributed by atoms with E-state index in [0.29, 0.717) is 12.3 Å². The van der Waals surface area contributed by atoms with Crippen molar-refractivity contribution in [1.82, 2.24) is 0 Å². The van der Waals surface area contributed by atoms with Gasteiger partial charge in [-0.3, -0.25) is 9.47 Å². The summed E-state index contributed by atoms with van der Waals surface area (Å²) in [5.74, 6) is 0.583. The average Bonchev–Trinajstić information content (AvgIpc) is 2.93. The molecule has 0 spiro atoms. The number of allylic oxidation sites excluding steroid dienone is 2. The van der Waals surface area contributed by atoms with E-state index in [0.717, 1.165) is 32.1 Å². The lowest BCUT2D eigenvalue weighted by molar-refractivity contribution is -0.346. The van der Waals surface area contributed by atoms with Crippen LogP contribution in [0.3, 0.4) is 0 Å². The van der Waals surface area contributed by atoms with Gasteiger partial charge in [0.15, 0.2) is 0 Å². The van der Waals surface area contributed by atoms with E-state index in [-0.39, 0.29) is 6.61 Å². The van der Waals surface area contributed by atoms with Gasteiger partial charge in [-0.25, -0.2) is 0 Å². The Balaban J connectivity index is 1.48. The van der Waals surface area contributed by atoms with E-state index >= 15 is 0 Å². The molecule has 1 fully saturated rings. The van der Waals surface area contributed by atoms with Gasteiger partial charge in [0.2, 0.25) is 0 Å². The number of alkyl halides is 2. The van der Waals surface area contributed by atoms with Gasteiger partial charge in [0, 0.05) is 0 Å². The van der Waals surface area contributed by atoms with Crippen LogP contribution in [0.5, 0.6) is 0 Å². The molecule has 0 bridgehead atoms. The summed E-state index contributed by atoms with van der Waals surface area (Å²) >= 11 is 0.